The molecule has 0 bridgehead atoms. The fraction of sp³-hybridized carbons (Fsp3) is 0.353. The third-order valence-corrected chi connectivity index (χ3v) is 3.70. The zero-order valence-electron chi connectivity index (χ0n) is 12.8. The number of hydrogen-bond acceptors (Lipinski definition) is 4. The summed E-state index contributed by atoms with van der Waals surface area (Å²) in [6.45, 7) is 5.25. The SMILES string of the molecule is C[C@@H]1CN(C(=O)c2ccc(-c3cnccn3)cc2)C[C@H](C)O1. The topological polar surface area (TPSA) is 55.3 Å². The predicted molar refractivity (Wildman–Crippen MR) is 83.4 cm³/mol. The first-order valence-electron chi connectivity index (χ1n) is 7.44. The van der Waals surface area contributed by atoms with Crippen LogP contribution in [0.15, 0.2) is 42.9 Å². The van der Waals surface area contributed by atoms with Crippen LogP contribution in [0.5, 0.6) is 0 Å². The maximum Gasteiger partial charge on any atom is 0.254 e. The molecule has 1 aliphatic rings. The molecule has 0 unspecified atom stereocenters. The fourth-order valence-corrected chi connectivity index (χ4v) is 2.76. The number of ether oxygens (including phenoxy) is 1. The van der Waals surface area contributed by atoms with Gasteiger partial charge in [0, 0.05) is 36.6 Å². The molecular formula is C17H19N3O2. The van der Waals surface area contributed by atoms with E-state index in [1.807, 2.05) is 43.0 Å². The Morgan fingerprint density at radius 2 is 1.82 bits per heavy atom. The molecule has 5 heteroatoms. The van der Waals surface area contributed by atoms with Crippen molar-refractivity contribution in [2.75, 3.05) is 13.1 Å². The van der Waals surface area contributed by atoms with Gasteiger partial charge in [0.2, 0.25) is 0 Å². The van der Waals surface area contributed by atoms with Crippen LogP contribution in [0.3, 0.4) is 0 Å². The summed E-state index contributed by atoms with van der Waals surface area (Å²) in [5, 5.41) is 0. The highest BCUT2D eigenvalue weighted by Crippen LogP contribution is 2.18. The molecule has 0 N–H and O–H groups in total. The molecule has 1 aromatic carbocycles. The lowest BCUT2D eigenvalue weighted by molar-refractivity contribution is -0.0586. The molecule has 3 rings (SSSR count). The van der Waals surface area contributed by atoms with Gasteiger partial charge in [-0.2, -0.15) is 0 Å². The van der Waals surface area contributed by atoms with Gasteiger partial charge in [-0.25, -0.2) is 0 Å². The van der Waals surface area contributed by atoms with E-state index in [-0.39, 0.29) is 18.1 Å². The molecule has 2 atom stereocenters. The van der Waals surface area contributed by atoms with Gasteiger partial charge in [0.25, 0.3) is 5.91 Å². The van der Waals surface area contributed by atoms with E-state index in [0.29, 0.717) is 18.7 Å². The Morgan fingerprint density at radius 3 is 2.41 bits per heavy atom. The van der Waals surface area contributed by atoms with Crippen molar-refractivity contribution < 1.29 is 9.53 Å². The normalized spacial score (nSPS) is 21.6. The van der Waals surface area contributed by atoms with Crippen molar-refractivity contribution in [2.24, 2.45) is 0 Å². The fourth-order valence-electron chi connectivity index (χ4n) is 2.76. The van der Waals surface area contributed by atoms with Gasteiger partial charge < -0.3 is 9.64 Å². The number of nitrogens with zero attached hydrogens (tertiary/aromatic N) is 3. The van der Waals surface area contributed by atoms with Gasteiger partial charge >= 0.3 is 0 Å². The van der Waals surface area contributed by atoms with E-state index in [4.69, 9.17) is 4.74 Å². The molecule has 0 saturated carbocycles. The van der Waals surface area contributed by atoms with Gasteiger partial charge in [0.1, 0.15) is 0 Å². The first kappa shape index (κ1) is 14.7. The minimum absolute atomic E-state index is 0.0488. The van der Waals surface area contributed by atoms with E-state index in [0.717, 1.165) is 11.3 Å². The van der Waals surface area contributed by atoms with Gasteiger partial charge in [-0.1, -0.05) is 12.1 Å². The summed E-state index contributed by atoms with van der Waals surface area (Å²) in [6.07, 6.45) is 5.16. The van der Waals surface area contributed by atoms with Crippen molar-refractivity contribution >= 4 is 5.91 Å². The Labute approximate surface area is 130 Å². The lowest BCUT2D eigenvalue weighted by atomic mass is 10.1. The third-order valence-electron chi connectivity index (χ3n) is 3.70. The number of morpholine rings is 1. The lowest BCUT2D eigenvalue weighted by Gasteiger charge is -2.35. The average molecular weight is 297 g/mol. The first-order chi connectivity index (χ1) is 10.6. The first-order valence-corrected chi connectivity index (χ1v) is 7.44. The number of carbonyl (C=O) groups excluding carboxylic acids is 1. The molecule has 1 aliphatic heterocycles. The van der Waals surface area contributed by atoms with E-state index >= 15 is 0 Å². The molecular weight excluding hydrogens is 278 g/mol. The maximum absolute atomic E-state index is 12.6. The number of carbonyl (C=O) groups is 1. The quantitative estimate of drug-likeness (QED) is 0.854. The van der Waals surface area contributed by atoms with Crippen molar-refractivity contribution in [1.82, 2.24) is 14.9 Å². The lowest BCUT2D eigenvalue weighted by Crippen LogP contribution is -2.48. The highest BCUT2D eigenvalue weighted by molar-refractivity contribution is 5.94. The second kappa shape index (κ2) is 6.23. The highest BCUT2D eigenvalue weighted by Gasteiger charge is 2.26. The molecule has 2 heterocycles. The monoisotopic (exact) mass is 297 g/mol. The summed E-state index contributed by atoms with van der Waals surface area (Å²) in [6, 6.07) is 7.50. The second-order valence-electron chi connectivity index (χ2n) is 5.64. The van der Waals surface area contributed by atoms with E-state index in [1.165, 1.54) is 0 Å². The summed E-state index contributed by atoms with van der Waals surface area (Å²) in [4.78, 5) is 22.8. The molecule has 0 spiro atoms. The standard InChI is InChI=1S/C17H19N3O2/c1-12-10-20(11-13(2)22-12)17(21)15-5-3-14(4-6-15)16-9-18-7-8-19-16/h3-9,12-13H,10-11H2,1-2H3/t12-,13+. The minimum Gasteiger partial charge on any atom is -0.372 e. The maximum atomic E-state index is 12.6. The molecule has 22 heavy (non-hydrogen) atoms. The molecule has 1 aromatic heterocycles. The van der Waals surface area contributed by atoms with Crippen molar-refractivity contribution in [3.63, 3.8) is 0 Å². The summed E-state index contributed by atoms with van der Waals surface area (Å²) in [5.41, 5.74) is 2.44. The number of rotatable bonds is 2. The number of amides is 1. The molecule has 5 nitrogen and oxygen atoms in total. The van der Waals surface area contributed by atoms with Gasteiger partial charge in [-0.05, 0) is 26.0 Å². The minimum atomic E-state index is 0.0488. The van der Waals surface area contributed by atoms with Crippen LogP contribution in [-0.2, 0) is 4.74 Å². The molecule has 2 aromatic rings. The van der Waals surface area contributed by atoms with Crippen LogP contribution in [-0.4, -0.2) is 46.1 Å². The summed E-state index contributed by atoms with van der Waals surface area (Å²) in [5.74, 6) is 0.0488. The zero-order chi connectivity index (χ0) is 15.5. The van der Waals surface area contributed by atoms with E-state index in [1.54, 1.807) is 18.6 Å². The van der Waals surface area contributed by atoms with Crippen LogP contribution >= 0.6 is 0 Å². The van der Waals surface area contributed by atoms with Crippen LogP contribution in [0.2, 0.25) is 0 Å². The highest BCUT2D eigenvalue weighted by atomic mass is 16.5. The molecule has 0 radical (unpaired) electrons. The Morgan fingerprint density at radius 1 is 1.14 bits per heavy atom. The second-order valence-corrected chi connectivity index (χ2v) is 5.64. The largest absolute Gasteiger partial charge is 0.372 e. The third kappa shape index (κ3) is 3.14. The van der Waals surface area contributed by atoms with E-state index in [2.05, 4.69) is 9.97 Å². The predicted octanol–water partition coefficient (Wildman–Crippen LogP) is 2.39. The van der Waals surface area contributed by atoms with Crippen LogP contribution in [0.25, 0.3) is 11.3 Å². The van der Waals surface area contributed by atoms with Gasteiger partial charge in [-0.3, -0.25) is 14.8 Å². The van der Waals surface area contributed by atoms with Gasteiger partial charge in [0.15, 0.2) is 0 Å². The molecule has 1 amide bonds. The molecule has 1 saturated heterocycles. The Hall–Kier alpha value is -2.27. The number of aromatic nitrogens is 2. The Balaban J connectivity index is 1.76. The van der Waals surface area contributed by atoms with Gasteiger partial charge in [-0.15, -0.1) is 0 Å². The Kier molecular flexibility index (Phi) is 4.15. The zero-order valence-corrected chi connectivity index (χ0v) is 12.8. The number of benzene rings is 1. The van der Waals surface area contributed by atoms with E-state index < -0.39 is 0 Å². The van der Waals surface area contributed by atoms with Crippen LogP contribution in [0, 0.1) is 0 Å². The smallest absolute Gasteiger partial charge is 0.254 e. The summed E-state index contributed by atoms with van der Waals surface area (Å²) < 4.78 is 5.67. The van der Waals surface area contributed by atoms with Crippen LogP contribution in [0.1, 0.15) is 24.2 Å². The van der Waals surface area contributed by atoms with Crippen molar-refractivity contribution in [3.8, 4) is 11.3 Å². The van der Waals surface area contributed by atoms with E-state index in [9.17, 15) is 4.79 Å². The summed E-state index contributed by atoms with van der Waals surface area (Å²) in [7, 11) is 0. The molecule has 114 valence electrons. The molecule has 1 fully saturated rings. The van der Waals surface area contributed by atoms with Crippen LogP contribution in [0.4, 0.5) is 0 Å². The molecule has 0 aliphatic carbocycles. The van der Waals surface area contributed by atoms with Crippen molar-refractivity contribution in [1.29, 1.82) is 0 Å². The Bertz CT molecular complexity index is 633. The average Bonchev–Trinajstić information content (AvgIpc) is 2.54. The van der Waals surface area contributed by atoms with Crippen molar-refractivity contribution in [2.45, 2.75) is 26.1 Å². The van der Waals surface area contributed by atoms with Crippen molar-refractivity contribution in [3.05, 3.63) is 48.4 Å². The summed E-state index contributed by atoms with van der Waals surface area (Å²) >= 11 is 0. The van der Waals surface area contributed by atoms with Crippen LogP contribution < -0.4 is 0 Å². The van der Waals surface area contributed by atoms with Gasteiger partial charge in [0.05, 0.1) is 24.1 Å². The number of hydrogen-bond donors (Lipinski definition) is 0.